The summed E-state index contributed by atoms with van der Waals surface area (Å²) in [5.74, 6) is 2.35. The molecule has 31 heavy (non-hydrogen) atoms. The third kappa shape index (κ3) is 4.66. The normalized spacial score (nSPS) is 16.1. The van der Waals surface area contributed by atoms with E-state index in [1.54, 1.807) is 0 Å². The highest BCUT2D eigenvalue weighted by Gasteiger charge is 2.22. The van der Waals surface area contributed by atoms with Crippen molar-refractivity contribution in [3.05, 3.63) is 77.4 Å². The Labute approximate surface area is 184 Å². The maximum absolute atomic E-state index is 5.93. The number of hydrogen-bond acceptors (Lipinski definition) is 5. The molecule has 0 radical (unpaired) electrons. The molecule has 5 nitrogen and oxygen atoms in total. The first-order valence-electron chi connectivity index (χ1n) is 11.4. The smallest absolute Gasteiger partial charge is 0.159 e. The summed E-state index contributed by atoms with van der Waals surface area (Å²) in [6, 6.07) is 17.1. The summed E-state index contributed by atoms with van der Waals surface area (Å²) in [6.45, 7) is 5.83. The first kappa shape index (κ1) is 19.9. The minimum absolute atomic E-state index is 0.543. The largest absolute Gasteiger partial charge is 0.485 e. The van der Waals surface area contributed by atoms with E-state index in [4.69, 9.17) is 9.72 Å². The Kier molecular flexibility index (Phi) is 5.74. The van der Waals surface area contributed by atoms with E-state index in [-0.39, 0.29) is 0 Å². The molecule has 0 amide bonds. The van der Waals surface area contributed by atoms with Crippen molar-refractivity contribution in [1.29, 1.82) is 0 Å². The number of nitrogens with zero attached hydrogens (tertiary/aromatic N) is 3. The minimum Gasteiger partial charge on any atom is -0.485 e. The quantitative estimate of drug-likeness (QED) is 0.628. The van der Waals surface area contributed by atoms with E-state index in [1.165, 1.54) is 29.8 Å². The number of nitrogens with one attached hydrogen (secondary N) is 1. The van der Waals surface area contributed by atoms with Gasteiger partial charge in [-0.15, -0.1) is 0 Å². The SMILES string of the molecule is Cc1nc(CC2CCN(c3ccc4c(c3)CCN4)CC2)ncc1OCc1ccccc1. The monoisotopic (exact) mass is 414 g/mol. The van der Waals surface area contributed by atoms with Gasteiger partial charge >= 0.3 is 0 Å². The lowest BCUT2D eigenvalue weighted by atomic mass is 9.92. The van der Waals surface area contributed by atoms with E-state index < -0.39 is 0 Å². The third-order valence-corrected chi connectivity index (χ3v) is 6.47. The molecule has 1 fully saturated rings. The minimum atomic E-state index is 0.543. The van der Waals surface area contributed by atoms with Crippen molar-refractivity contribution < 1.29 is 4.74 Å². The maximum atomic E-state index is 5.93. The molecule has 2 aromatic carbocycles. The van der Waals surface area contributed by atoms with Crippen molar-refractivity contribution in [2.45, 2.75) is 39.2 Å². The van der Waals surface area contributed by atoms with E-state index in [0.717, 1.165) is 55.3 Å². The second kappa shape index (κ2) is 8.96. The van der Waals surface area contributed by atoms with Crippen LogP contribution in [-0.2, 0) is 19.4 Å². The number of rotatable bonds is 6. The second-order valence-electron chi connectivity index (χ2n) is 8.66. The number of piperidine rings is 1. The summed E-state index contributed by atoms with van der Waals surface area (Å²) >= 11 is 0. The van der Waals surface area contributed by atoms with Gasteiger partial charge in [-0.2, -0.15) is 0 Å². The molecule has 1 saturated heterocycles. The van der Waals surface area contributed by atoms with Crippen LogP contribution in [0.25, 0.3) is 0 Å². The lowest BCUT2D eigenvalue weighted by molar-refractivity contribution is 0.300. The van der Waals surface area contributed by atoms with Crippen LogP contribution in [0.2, 0.25) is 0 Å². The van der Waals surface area contributed by atoms with Gasteiger partial charge in [0, 0.05) is 37.4 Å². The molecule has 0 aliphatic carbocycles. The fourth-order valence-corrected chi connectivity index (χ4v) is 4.62. The molecule has 160 valence electrons. The summed E-state index contributed by atoms with van der Waals surface area (Å²) in [5.41, 5.74) is 6.20. The number of aromatic nitrogens is 2. The zero-order chi connectivity index (χ0) is 21.0. The molecule has 0 unspecified atom stereocenters. The highest BCUT2D eigenvalue weighted by Crippen LogP contribution is 2.30. The van der Waals surface area contributed by atoms with E-state index in [0.29, 0.717) is 12.5 Å². The fourth-order valence-electron chi connectivity index (χ4n) is 4.62. The van der Waals surface area contributed by atoms with Crippen LogP contribution in [0, 0.1) is 12.8 Å². The molecule has 0 atom stereocenters. The van der Waals surface area contributed by atoms with Crippen LogP contribution in [-0.4, -0.2) is 29.6 Å². The molecule has 2 aliphatic rings. The zero-order valence-electron chi connectivity index (χ0n) is 18.2. The number of hydrogen-bond donors (Lipinski definition) is 1. The van der Waals surface area contributed by atoms with Crippen LogP contribution in [0.5, 0.6) is 5.75 Å². The first-order chi connectivity index (χ1) is 15.2. The number of fused-ring (bicyclic) bond motifs is 1. The summed E-state index contributed by atoms with van der Waals surface area (Å²) in [7, 11) is 0. The lowest BCUT2D eigenvalue weighted by Crippen LogP contribution is -2.34. The average Bonchev–Trinajstić information content (AvgIpc) is 3.28. The molecule has 5 heteroatoms. The molecular formula is C26H30N4O. The van der Waals surface area contributed by atoms with Crippen LogP contribution in [0.15, 0.2) is 54.7 Å². The predicted octanol–water partition coefficient (Wildman–Crippen LogP) is 4.79. The van der Waals surface area contributed by atoms with E-state index in [9.17, 15) is 0 Å². The molecule has 1 N–H and O–H groups in total. The summed E-state index contributed by atoms with van der Waals surface area (Å²) in [6.07, 6.45) is 6.30. The Balaban J connectivity index is 1.14. The average molecular weight is 415 g/mol. The van der Waals surface area contributed by atoms with Gasteiger partial charge in [-0.3, -0.25) is 0 Å². The molecule has 0 spiro atoms. The van der Waals surface area contributed by atoms with Gasteiger partial charge in [0.1, 0.15) is 12.4 Å². The standard InChI is InChI=1S/C26H30N4O/c1-19-25(31-18-21-5-3-2-4-6-21)17-28-26(29-19)15-20-10-13-30(14-11-20)23-7-8-24-22(16-23)9-12-27-24/h2-8,16-17,20,27H,9-15,18H2,1H3. The fraction of sp³-hybridized carbons (Fsp3) is 0.385. The molecule has 2 aliphatic heterocycles. The van der Waals surface area contributed by atoms with Gasteiger partial charge in [-0.1, -0.05) is 30.3 Å². The van der Waals surface area contributed by atoms with Crippen molar-refractivity contribution >= 4 is 11.4 Å². The Morgan fingerprint density at radius 2 is 1.94 bits per heavy atom. The van der Waals surface area contributed by atoms with Gasteiger partial charge in [0.25, 0.3) is 0 Å². The van der Waals surface area contributed by atoms with Crippen LogP contribution in [0.4, 0.5) is 11.4 Å². The van der Waals surface area contributed by atoms with E-state index >= 15 is 0 Å². The van der Waals surface area contributed by atoms with Crippen LogP contribution in [0.3, 0.4) is 0 Å². The Hall–Kier alpha value is -3.08. The highest BCUT2D eigenvalue weighted by atomic mass is 16.5. The Bertz CT molecular complexity index is 1030. The van der Waals surface area contributed by atoms with Crippen LogP contribution < -0.4 is 15.0 Å². The molecule has 3 aromatic rings. The van der Waals surface area contributed by atoms with E-state index in [1.807, 2.05) is 31.3 Å². The highest BCUT2D eigenvalue weighted by molar-refractivity contribution is 5.63. The lowest BCUT2D eigenvalue weighted by Gasteiger charge is -2.33. The Morgan fingerprint density at radius 1 is 1.10 bits per heavy atom. The van der Waals surface area contributed by atoms with Crippen LogP contribution >= 0.6 is 0 Å². The summed E-state index contributed by atoms with van der Waals surface area (Å²) in [5, 5.41) is 3.45. The topological polar surface area (TPSA) is 50.3 Å². The molecule has 0 saturated carbocycles. The van der Waals surface area contributed by atoms with Crippen molar-refractivity contribution in [2.75, 3.05) is 29.9 Å². The summed E-state index contributed by atoms with van der Waals surface area (Å²) < 4.78 is 5.93. The van der Waals surface area contributed by atoms with Crippen molar-refractivity contribution in [3.8, 4) is 5.75 Å². The van der Waals surface area contributed by atoms with Gasteiger partial charge in [0.15, 0.2) is 5.75 Å². The number of benzene rings is 2. The number of anilines is 2. The summed E-state index contributed by atoms with van der Waals surface area (Å²) in [4.78, 5) is 11.9. The first-order valence-corrected chi connectivity index (χ1v) is 11.4. The van der Waals surface area contributed by atoms with Crippen molar-refractivity contribution in [3.63, 3.8) is 0 Å². The third-order valence-electron chi connectivity index (χ3n) is 6.47. The van der Waals surface area contributed by atoms with Gasteiger partial charge in [0.2, 0.25) is 0 Å². The van der Waals surface area contributed by atoms with Gasteiger partial charge < -0.3 is 15.0 Å². The molecule has 3 heterocycles. The van der Waals surface area contributed by atoms with Gasteiger partial charge in [-0.05, 0) is 61.4 Å². The van der Waals surface area contributed by atoms with Crippen molar-refractivity contribution in [2.24, 2.45) is 5.92 Å². The number of aryl methyl sites for hydroxylation is 1. The van der Waals surface area contributed by atoms with Gasteiger partial charge in [0.05, 0.1) is 11.9 Å². The van der Waals surface area contributed by atoms with Crippen molar-refractivity contribution in [1.82, 2.24) is 9.97 Å². The van der Waals surface area contributed by atoms with E-state index in [2.05, 4.69) is 45.5 Å². The second-order valence-corrected chi connectivity index (χ2v) is 8.66. The Morgan fingerprint density at radius 3 is 2.74 bits per heavy atom. The zero-order valence-corrected chi connectivity index (χ0v) is 18.2. The number of ether oxygens (including phenoxy) is 1. The molecule has 5 rings (SSSR count). The predicted molar refractivity (Wildman–Crippen MR) is 125 cm³/mol. The molecular weight excluding hydrogens is 384 g/mol. The molecule has 0 bridgehead atoms. The maximum Gasteiger partial charge on any atom is 0.159 e. The van der Waals surface area contributed by atoms with Crippen LogP contribution in [0.1, 0.15) is 35.5 Å². The molecule has 1 aromatic heterocycles. The van der Waals surface area contributed by atoms with Gasteiger partial charge in [-0.25, -0.2) is 9.97 Å².